The lowest BCUT2D eigenvalue weighted by molar-refractivity contribution is -0.149. The number of hydrogen-bond acceptors (Lipinski definition) is 6. The fourth-order valence-electron chi connectivity index (χ4n) is 2.10. The van der Waals surface area contributed by atoms with Crippen molar-refractivity contribution in [3.05, 3.63) is 45.3 Å². The van der Waals surface area contributed by atoms with Crippen molar-refractivity contribution in [2.75, 3.05) is 18.5 Å². The van der Waals surface area contributed by atoms with Gasteiger partial charge in [-0.3, -0.25) is 4.79 Å². The van der Waals surface area contributed by atoms with Crippen molar-refractivity contribution in [1.82, 2.24) is 0 Å². The monoisotopic (exact) mass is 378 g/mol. The van der Waals surface area contributed by atoms with E-state index >= 15 is 0 Å². The molecule has 0 atom stereocenters. The molecule has 0 radical (unpaired) electrons. The molecular weight excluding hydrogens is 364 g/mol. The Bertz CT molecular complexity index is 818. The summed E-state index contributed by atoms with van der Waals surface area (Å²) in [6, 6.07) is 7.02. The Hall–Kier alpha value is -2.56. The van der Waals surface area contributed by atoms with Gasteiger partial charge in [-0.25, -0.2) is 4.79 Å². The Kier molecular flexibility index (Phi) is 6.39. The van der Waals surface area contributed by atoms with Crippen LogP contribution in [0.25, 0.3) is 0 Å². The largest absolute Gasteiger partial charge is 0.481 e. The number of ether oxygens (including phenoxy) is 2. The number of aryl methyl sites for hydroxylation is 2. The normalized spacial score (nSPS) is 10.0. The maximum atomic E-state index is 11.8. The number of halogens is 1. The Morgan fingerprint density at radius 1 is 1.28 bits per heavy atom. The van der Waals surface area contributed by atoms with Gasteiger partial charge in [-0.15, -0.1) is 11.3 Å². The van der Waals surface area contributed by atoms with Crippen LogP contribution in [0, 0.1) is 25.2 Å². The summed E-state index contributed by atoms with van der Waals surface area (Å²) in [5.74, 6) is -0.634. The highest BCUT2D eigenvalue weighted by molar-refractivity contribution is 7.14. The molecule has 0 spiro atoms. The second-order valence-electron chi connectivity index (χ2n) is 5.14. The summed E-state index contributed by atoms with van der Waals surface area (Å²) in [6.07, 6.45) is 0. The van der Waals surface area contributed by atoms with Gasteiger partial charge in [0.1, 0.15) is 16.8 Å². The lowest BCUT2D eigenvalue weighted by Crippen LogP contribution is -2.23. The van der Waals surface area contributed by atoms with Gasteiger partial charge in [0.05, 0.1) is 5.56 Å². The number of nitrogens with one attached hydrogen (secondary N) is 1. The third-order valence-corrected chi connectivity index (χ3v) is 4.21. The van der Waals surface area contributed by atoms with E-state index in [-0.39, 0.29) is 6.61 Å². The van der Waals surface area contributed by atoms with Crippen molar-refractivity contribution < 1.29 is 19.1 Å². The quantitative estimate of drug-likeness (QED) is 0.777. The summed E-state index contributed by atoms with van der Waals surface area (Å²) >= 11 is 7.16. The predicted octanol–water partition coefficient (Wildman–Crippen LogP) is 3.45. The minimum atomic E-state index is -0.671. The zero-order valence-corrected chi connectivity index (χ0v) is 15.2. The Balaban J connectivity index is 1.81. The molecular formula is C17H15ClN2O4S. The first-order chi connectivity index (χ1) is 11.9. The summed E-state index contributed by atoms with van der Waals surface area (Å²) in [5, 5.41) is 14.1. The van der Waals surface area contributed by atoms with Crippen LogP contribution in [0.4, 0.5) is 5.00 Å². The van der Waals surface area contributed by atoms with Crippen molar-refractivity contribution in [2.24, 2.45) is 0 Å². The third-order valence-electron chi connectivity index (χ3n) is 3.16. The van der Waals surface area contributed by atoms with Crippen molar-refractivity contribution in [2.45, 2.75) is 13.8 Å². The number of amides is 1. The van der Waals surface area contributed by atoms with Crippen LogP contribution < -0.4 is 10.1 Å². The van der Waals surface area contributed by atoms with Crippen LogP contribution in [0.15, 0.2) is 23.6 Å². The zero-order chi connectivity index (χ0) is 18.4. The average molecular weight is 379 g/mol. The number of esters is 1. The van der Waals surface area contributed by atoms with Gasteiger partial charge in [0, 0.05) is 5.02 Å². The number of hydrogen-bond donors (Lipinski definition) is 1. The molecule has 0 saturated carbocycles. The molecule has 1 aromatic heterocycles. The molecule has 0 aliphatic carbocycles. The molecule has 0 aliphatic heterocycles. The summed E-state index contributed by atoms with van der Waals surface area (Å²) in [4.78, 5) is 23.5. The molecule has 0 fully saturated rings. The number of anilines is 1. The van der Waals surface area contributed by atoms with E-state index in [1.54, 1.807) is 23.6 Å². The molecule has 0 saturated heterocycles. The van der Waals surface area contributed by atoms with Crippen LogP contribution in [0.2, 0.25) is 5.02 Å². The first-order valence-electron chi connectivity index (χ1n) is 7.23. The molecule has 0 aliphatic rings. The smallest absolute Gasteiger partial charge is 0.344 e. The number of carbonyl (C=O) groups excluding carboxylic acids is 2. The van der Waals surface area contributed by atoms with Crippen LogP contribution in [-0.2, 0) is 14.3 Å². The van der Waals surface area contributed by atoms with Gasteiger partial charge in [0.15, 0.2) is 13.2 Å². The summed E-state index contributed by atoms with van der Waals surface area (Å²) < 4.78 is 10.3. The van der Waals surface area contributed by atoms with Gasteiger partial charge in [0.25, 0.3) is 5.91 Å². The molecule has 1 heterocycles. The van der Waals surface area contributed by atoms with Gasteiger partial charge in [-0.2, -0.15) is 5.26 Å². The topological polar surface area (TPSA) is 88.4 Å². The predicted molar refractivity (Wildman–Crippen MR) is 95.0 cm³/mol. The fourth-order valence-corrected chi connectivity index (χ4v) is 3.18. The zero-order valence-electron chi connectivity index (χ0n) is 13.6. The van der Waals surface area contributed by atoms with E-state index in [2.05, 4.69) is 5.32 Å². The van der Waals surface area contributed by atoms with E-state index in [9.17, 15) is 9.59 Å². The van der Waals surface area contributed by atoms with Gasteiger partial charge in [-0.05, 0) is 48.6 Å². The number of carbonyl (C=O) groups is 2. The Morgan fingerprint density at radius 2 is 1.96 bits per heavy atom. The summed E-state index contributed by atoms with van der Waals surface area (Å²) in [6.45, 7) is 2.87. The molecule has 1 amide bonds. The number of nitrogens with zero attached hydrogens (tertiary/aromatic N) is 1. The molecule has 0 unspecified atom stereocenters. The second kappa shape index (κ2) is 8.51. The van der Waals surface area contributed by atoms with E-state index in [1.165, 1.54) is 11.3 Å². The number of benzene rings is 1. The molecule has 1 N–H and O–H groups in total. The number of thiophene rings is 1. The van der Waals surface area contributed by atoms with E-state index in [0.717, 1.165) is 11.1 Å². The van der Waals surface area contributed by atoms with E-state index < -0.39 is 18.5 Å². The van der Waals surface area contributed by atoms with Gasteiger partial charge < -0.3 is 14.8 Å². The van der Waals surface area contributed by atoms with Gasteiger partial charge in [0.2, 0.25) is 0 Å². The highest BCUT2D eigenvalue weighted by atomic mass is 35.5. The average Bonchev–Trinajstić information content (AvgIpc) is 2.99. The van der Waals surface area contributed by atoms with Gasteiger partial charge in [-0.1, -0.05) is 11.6 Å². The first-order valence-corrected chi connectivity index (χ1v) is 8.49. The Morgan fingerprint density at radius 3 is 2.60 bits per heavy atom. The maximum Gasteiger partial charge on any atom is 0.344 e. The minimum Gasteiger partial charge on any atom is -0.481 e. The molecule has 1 aromatic carbocycles. The summed E-state index contributed by atoms with van der Waals surface area (Å²) in [5.41, 5.74) is 1.97. The van der Waals surface area contributed by atoms with E-state index in [4.69, 9.17) is 26.3 Å². The van der Waals surface area contributed by atoms with Crippen LogP contribution in [-0.4, -0.2) is 25.1 Å². The molecule has 25 heavy (non-hydrogen) atoms. The van der Waals surface area contributed by atoms with Crippen LogP contribution in [0.3, 0.4) is 0 Å². The lowest BCUT2D eigenvalue weighted by atomic mass is 10.1. The first kappa shape index (κ1) is 18.8. The van der Waals surface area contributed by atoms with E-state index in [1.807, 2.05) is 19.9 Å². The fraction of sp³-hybridized carbons (Fsp3) is 0.235. The van der Waals surface area contributed by atoms with Crippen molar-refractivity contribution in [3.63, 3.8) is 0 Å². The molecule has 130 valence electrons. The molecule has 8 heteroatoms. The lowest BCUT2D eigenvalue weighted by Gasteiger charge is -2.12. The van der Waals surface area contributed by atoms with Gasteiger partial charge >= 0.3 is 5.97 Å². The third kappa shape index (κ3) is 5.21. The van der Waals surface area contributed by atoms with Crippen molar-refractivity contribution in [3.8, 4) is 11.8 Å². The molecule has 6 nitrogen and oxygen atoms in total. The van der Waals surface area contributed by atoms with Crippen molar-refractivity contribution >= 4 is 39.8 Å². The minimum absolute atomic E-state index is 0.320. The maximum absolute atomic E-state index is 11.8. The molecule has 0 bridgehead atoms. The highest BCUT2D eigenvalue weighted by Crippen LogP contribution is 2.27. The Labute approximate surface area is 153 Å². The van der Waals surface area contributed by atoms with Crippen LogP contribution in [0.5, 0.6) is 5.75 Å². The SMILES string of the molecule is Cc1cc(Cl)cc(C)c1OCC(=O)OCC(=O)Nc1sccc1C#N. The summed E-state index contributed by atoms with van der Waals surface area (Å²) in [7, 11) is 0. The highest BCUT2D eigenvalue weighted by Gasteiger charge is 2.13. The molecule has 2 rings (SSSR count). The van der Waals surface area contributed by atoms with E-state index in [0.29, 0.717) is 21.3 Å². The van der Waals surface area contributed by atoms with Crippen molar-refractivity contribution in [1.29, 1.82) is 5.26 Å². The second-order valence-corrected chi connectivity index (χ2v) is 6.49. The number of rotatable bonds is 6. The molecule has 2 aromatic rings. The standard InChI is InChI=1S/C17H15ClN2O4S/c1-10-5-13(18)6-11(2)16(10)24-9-15(22)23-8-14(21)20-17-12(7-19)3-4-25-17/h3-6H,8-9H2,1-2H3,(H,20,21). The van der Waals surface area contributed by atoms with Crippen LogP contribution in [0.1, 0.15) is 16.7 Å². The van der Waals surface area contributed by atoms with Crippen LogP contribution >= 0.6 is 22.9 Å². The number of nitriles is 1.